The first-order valence-corrected chi connectivity index (χ1v) is 8.08. The molecular weight excluding hydrogens is 217 g/mol. The topological polar surface area (TPSA) is 38.3 Å². The van der Waals surface area contributed by atoms with Crippen LogP contribution in [0.3, 0.4) is 0 Å². The van der Waals surface area contributed by atoms with Crippen LogP contribution in [0.1, 0.15) is 47.0 Å². The fraction of sp³-hybridized carbons (Fsp3) is 0.917. The summed E-state index contributed by atoms with van der Waals surface area (Å²) in [4.78, 5) is 10.7. The molecule has 0 atom stereocenters. The fourth-order valence-electron chi connectivity index (χ4n) is 0.876. The van der Waals surface area contributed by atoms with E-state index in [0.717, 1.165) is 34.5 Å². The van der Waals surface area contributed by atoms with Crippen LogP contribution in [0.25, 0.3) is 0 Å². The van der Waals surface area contributed by atoms with E-state index in [-0.39, 0.29) is 6.09 Å². The van der Waals surface area contributed by atoms with Gasteiger partial charge in [0.25, 0.3) is 0 Å². The fourth-order valence-corrected chi connectivity index (χ4v) is 1.45. The minimum atomic E-state index is -0.291. The van der Waals surface area contributed by atoms with Gasteiger partial charge in [0, 0.05) is 6.54 Å². The highest BCUT2D eigenvalue weighted by atomic mass is 27.1. The second kappa shape index (κ2) is 17.2. The van der Waals surface area contributed by atoms with Gasteiger partial charge < -0.3 is 10.1 Å². The molecule has 4 heteroatoms. The van der Waals surface area contributed by atoms with Gasteiger partial charge in [-0.3, -0.25) is 0 Å². The number of carbonyl (C=O) groups excluding carboxylic acids is 1. The van der Waals surface area contributed by atoms with Crippen molar-refractivity contribution >= 4 is 21.3 Å². The molecule has 16 heavy (non-hydrogen) atoms. The number of alkyl carbamates (subject to hydrolysis) is 1. The van der Waals surface area contributed by atoms with E-state index in [1.165, 1.54) is 10.6 Å². The molecule has 0 saturated heterocycles. The second-order valence-corrected chi connectivity index (χ2v) is 5.73. The Kier molecular flexibility index (Phi) is 19.5. The van der Waals surface area contributed by atoms with E-state index in [1.54, 1.807) is 0 Å². The Morgan fingerprint density at radius 2 is 1.75 bits per heavy atom. The maximum atomic E-state index is 10.7. The summed E-state index contributed by atoms with van der Waals surface area (Å²) in [5.41, 5.74) is 0. The smallest absolute Gasteiger partial charge is 0.407 e. The molecule has 1 amide bonds. The van der Waals surface area contributed by atoms with Crippen LogP contribution in [0.5, 0.6) is 0 Å². The van der Waals surface area contributed by atoms with Gasteiger partial charge in [-0.15, -0.1) is 10.6 Å². The average molecular weight is 244 g/mol. The Balaban J connectivity index is 0. The molecule has 0 fully saturated rings. The van der Waals surface area contributed by atoms with E-state index in [0.29, 0.717) is 13.2 Å². The molecule has 0 aromatic heterocycles. The normalized spacial score (nSPS) is 8.75. The lowest BCUT2D eigenvalue weighted by Crippen LogP contribution is -2.25. The van der Waals surface area contributed by atoms with Gasteiger partial charge in [0.05, 0.1) is 6.61 Å². The number of hydrogen-bond donors (Lipinski definition) is 1. The maximum Gasteiger partial charge on any atom is 0.407 e. The first-order chi connectivity index (χ1) is 7.72. The summed E-state index contributed by atoms with van der Waals surface area (Å²) in [5.74, 6) is 0. The lowest BCUT2D eigenvalue weighted by atomic mass is 10.4. The molecule has 0 aliphatic carbocycles. The van der Waals surface area contributed by atoms with Crippen molar-refractivity contribution in [1.29, 1.82) is 0 Å². The van der Waals surface area contributed by atoms with E-state index in [2.05, 4.69) is 26.1 Å². The van der Waals surface area contributed by atoms with E-state index in [4.69, 9.17) is 4.74 Å². The molecule has 1 N–H and O–H groups in total. The average Bonchev–Trinajstić information content (AvgIpc) is 2.29. The number of nitrogens with one attached hydrogen (secondary N) is 1. The molecule has 0 aromatic carbocycles. The number of amides is 1. The minimum absolute atomic E-state index is 0.291. The van der Waals surface area contributed by atoms with Crippen molar-refractivity contribution in [3.63, 3.8) is 0 Å². The summed E-state index contributed by atoms with van der Waals surface area (Å²) in [6.07, 6.45) is 2.66. The van der Waals surface area contributed by atoms with Crippen LogP contribution in [0.4, 0.5) is 4.79 Å². The van der Waals surface area contributed by atoms with E-state index in [1.807, 2.05) is 6.92 Å². The van der Waals surface area contributed by atoms with Gasteiger partial charge in [0.15, 0.2) is 15.2 Å². The Bertz CT molecular complexity index is 141. The van der Waals surface area contributed by atoms with E-state index >= 15 is 0 Å². The molecule has 0 saturated carbocycles. The zero-order valence-corrected chi connectivity index (χ0v) is 12.5. The Morgan fingerprint density at radius 1 is 1.12 bits per heavy atom. The van der Waals surface area contributed by atoms with Crippen molar-refractivity contribution in [2.75, 3.05) is 13.2 Å². The number of hydrogen-bond acceptors (Lipinski definition) is 2. The van der Waals surface area contributed by atoms with Crippen LogP contribution in [0.2, 0.25) is 10.6 Å². The first kappa shape index (κ1) is 18.2. The van der Waals surface area contributed by atoms with Crippen molar-refractivity contribution in [3.8, 4) is 0 Å². The van der Waals surface area contributed by atoms with Crippen LogP contribution in [0, 0.1) is 0 Å². The van der Waals surface area contributed by atoms with Crippen molar-refractivity contribution in [1.82, 2.24) is 5.32 Å². The third kappa shape index (κ3) is 19.4. The Labute approximate surface area is 107 Å². The summed E-state index contributed by atoms with van der Waals surface area (Å²) >= 11 is 0.815. The molecule has 0 aliphatic heterocycles. The predicted octanol–water partition coefficient (Wildman–Crippen LogP) is 3.49. The molecular formula is C12H27AlNO2. The lowest BCUT2D eigenvalue weighted by Gasteiger charge is -2.03. The quantitative estimate of drug-likeness (QED) is 0.550. The van der Waals surface area contributed by atoms with Crippen molar-refractivity contribution in [2.24, 2.45) is 0 Å². The molecule has 0 heterocycles. The van der Waals surface area contributed by atoms with Crippen LogP contribution in [-0.2, 0) is 4.74 Å². The first-order valence-electron chi connectivity index (χ1n) is 6.45. The van der Waals surface area contributed by atoms with Crippen molar-refractivity contribution in [2.45, 2.75) is 57.5 Å². The molecule has 1 radical (unpaired) electrons. The molecule has 0 spiro atoms. The summed E-state index contributed by atoms with van der Waals surface area (Å²) in [5, 5.41) is 5.48. The standard InChI is InChI=1S/C8H17NO2.2C2H5.Al/c1-3-5-7-11-8(10)9-6-4-2;2*1-2;/h3-7H2,1-2H3,(H,9,10);2*1H2,2H3;. The summed E-state index contributed by atoms with van der Waals surface area (Å²) in [7, 11) is 0. The van der Waals surface area contributed by atoms with Gasteiger partial charge in [-0.05, 0) is 12.8 Å². The molecule has 0 rings (SSSR count). The minimum Gasteiger partial charge on any atom is -0.450 e. The number of carbonyl (C=O) groups is 1. The maximum absolute atomic E-state index is 10.7. The summed E-state index contributed by atoms with van der Waals surface area (Å²) in [6.45, 7) is 9.80. The van der Waals surface area contributed by atoms with Gasteiger partial charge in [0.2, 0.25) is 0 Å². The molecule has 0 aliphatic rings. The highest BCUT2D eigenvalue weighted by molar-refractivity contribution is 6.34. The number of ether oxygens (including phenoxy) is 1. The molecule has 95 valence electrons. The van der Waals surface area contributed by atoms with E-state index in [9.17, 15) is 4.79 Å². The van der Waals surface area contributed by atoms with Crippen LogP contribution in [0.15, 0.2) is 0 Å². The van der Waals surface area contributed by atoms with E-state index < -0.39 is 0 Å². The number of unbranched alkanes of at least 4 members (excludes halogenated alkanes) is 1. The third-order valence-corrected chi connectivity index (χ3v) is 2.98. The largest absolute Gasteiger partial charge is 0.450 e. The monoisotopic (exact) mass is 244 g/mol. The second-order valence-electron chi connectivity index (χ2n) is 3.52. The summed E-state index contributed by atoms with van der Waals surface area (Å²) in [6, 6.07) is 0. The predicted molar refractivity (Wildman–Crippen MR) is 71.3 cm³/mol. The van der Waals surface area contributed by atoms with Gasteiger partial charge in [0.1, 0.15) is 0 Å². The lowest BCUT2D eigenvalue weighted by molar-refractivity contribution is 0.144. The van der Waals surface area contributed by atoms with Crippen LogP contribution >= 0.6 is 0 Å². The van der Waals surface area contributed by atoms with Crippen LogP contribution in [-0.4, -0.2) is 34.5 Å². The molecule has 0 aromatic rings. The molecule has 0 unspecified atom stereocenters. The highest BCUT2D eigenvalue weighted by Gasteiger charge is 1.97. The van der Waals surface area contributed by atoms with Crippen LogP contribution < -0.4 is 5.32 Å². The highest BCUT2D eigenvalue weighted by Crippen LogP contribution is 1.88. The SMILES string of the molecule is CCCCOC(=O)NCCC.C[CH2][Al][CH2]C. The molecule has 3 nitrogen and oxygen atoms in total. The van der Waals surface area contributed by atoms with Gasteiger partial charge in [-0.25, -0.2) is 4.79 Å². The number of rotatable bonds is 7. The molecule has 0 bridgehead atoms. The summed E-state index contributed by atoms with van der Waals surface area (Å²) < 4.78 is 4.83. The zero-order chi connectivity index (χ0) is 12.6. The van der Waals surface area contributed by atoms with Gasteiger partial charge in [-0.1, -0.05) is 34.1 Å². The van der Waals surface area contributed by atoms with Crippen molar-refractivity contribution in [3.05, 3.63) is 0 Å². The Hall–Kier alpha value is -0.198. The van der Waals surface area contributed by atoms with Gasteiger partial charge >= 0.3 is 6.09 Å². The van der Waals surface area contributed by atoms with Gasteiger partial charge in [-0.2, -0.15) is 0 Å². The third-order valence-electron chi connectivity index (χ3n) is 1.83. The van der Waals surface area contributed by atoms with Crippen molar-refractivity contribution < 1.29 is 9.53 Å². The zero-order valence-electron chi connectivity index (χ0n) is 11.3. The Morgan fingerprint density at radius 3 is 2.12 bits per heavy atom.